The number of H-pyrrole nitrogens is 1. The molecule has 0 fully saturated rings. The van der Waals surface area contributed by atoms with Crippen LogP contribution in [-0.4, -0.2) is 21.4 Å². The minimum atomic E-state index is -0.766. The lowest BCUT2D eigenvalue weighted by atomic mass is 10.0. The molecule has 1 atom stereocenters. The third-order valence-electron chi connectivity index (χ3n) is 2.85. The van der Waals surface area contributed by atoms with Gasteiger partial charge in [0.2, 0.25) is 0 Å². The summed E-state index contributed by atoms with van der Waals surface area (Å²) in [5.74, 6) is -1.21. The second-order valence-electron chi connectivity index (χ2n) is 4.03. The number of hydrogen-bond acceptors (Lipinski definition) is 1. The molecule has 2 N–H and O–H groups in total. The SMILES string of the molecule is O=C(O)C(CCCBr)c1cc2ccccc2[nH]1. The molecule has 3 nitrogen and oxygen atoms in total. The molecule has 90 valence electrons. The fourth-order valence-corrected chi connectivity index (χ4v) is 2.30. The zero-order valence-corrected chi connectivity index (χ0v) is 10.9. The van der Waals surface area contributed by atoms with Crippen LogP contribution in [0.25, 0.3) is 10.9 Å². The maximum Gasteiger partial charge on any atom is 0.312 e. The summed E-state index contributed by atoms with van der Waals surface area (Å²) in [5, 5.41) is 11.1. The summed E-state index contributed by atoms with van der Waals surface area (Å²) in [6.45, 7) is 0. The van der Waals surface area contributed by atoms with Gasteiger partial charge < -0.3 is 10.1 Å². The van der Waals surface area contributed by atoms with Crippen molar-refractivity contribution in [1.82, 2.24) is 4.98 Å². The van der Waals surface area contributed by atoms with Gasteiger partial charge in [-0.25, -0.2) is 0 Å². The third kappa shape index (κ3) is 2.69. The maximum absolute atomic E-state index is 11.2. The molecule has 4 heteroatoms. The number of alkyl halides is 1. The van der Waals surface area contributed by atoms with Crippen molar-refractivity contribution in [2.75, 3.05) is 5.33 Å². The number of halogens is 1. The molecule has 0 saturated heterocycles. The van der Waals surface area contributed by atoms with Crippen LogP contribution in [-0.2, 0) is 4.79 Å². The van der Waals surface area contributed by atoms with Crippen LogP contribution in [0.2, 0.25) is 0 Å². The first-order valence-corrected chi connectivity index (χ1v) is 6.71. The summed E-state index contributed by atoms with van der Waals surface area (Å²) >= 11 is 3.33. The average molecular weight is 296 g/mol. The smallest absolute Gasteiger partial charge is 0.312 e. The zero-order valence-electron chi connectivity index (χ0n) is 9.32. The number of rotatable bonds is 5. The summed E-state index contributed by atoms with van der Waals surface area (Å²) in [6.07, 6.45) is 1.50. The second kappa shape index (κ2) is 5.36. The van der Waals surface area contributed by atoms with Gasteiger partial charge in [0.1, 0.15) is 0 Å². The number of carboxylic acid groups (broad SMARTS) is 1. The van der Waals surface area contributed by atoms with Gasteiger partial charge in [0.05, 0.1) is 5.92 Å². The first-order chi connectivity index (χ1) is 8.22. The predicted octanol–water partition coefficient (Wildman–Crippen LogP) is 3.51. The van der Waals surface area contributed by atoms with Crippen molar-refractivity contribution in [2.45, 2.75) is 18.8 Å². The maximum atomic E-state index is 11.2. The molecular weight excluding hydrogens is 282 g/mol. The highest BCUT2D eigenvalue weighted by Gasteiger charge is 2.20. The van der Waals surface area contributed by atoms with Gasteiger partial charge in [-0.05, 0) is 30.4 Å². The zero-order chi connectivity index (χ0) is 12.3. The molecule has 0 radical (unpaired) electrons. The van der Waals surface area contributed by atoms with Crippen molar-refractivity contribution in [2.24, 2.45) is 0 Å². The lowest BCUT2D eigenvalue weighted by Crippen LogP contribution is -2.12. The van der Waals surface area contributed by atoms with Gasteiger partial charge in [-0.1, -0.05) is 34.1 Å². The average Bonchev–Trinajstić information content (AvgIpc) is 2.72. The van der Waals surface area contributed by atoms with Crippen LogP contribution in [0.3, 0.4) is 0 Å². The van der Waals surface area contributed by atoms with Crippen LogP contribution in [0.5, 0.6) is 0 Å². The Kier molecular flexibility index (Phi) is 3.84. The number of carbonyl (C=O) groups is 1. The molecule has 1 unspecified atom stereocenters. The van der Waals surface area contributed by atoms with Crippen LogP contribution < -0.4 is 0 Å². The number of nitrogens with one attached hydrogen (secondary N) is 1. The Morgan fingerprint density at radius 2 is 2.18 bits per heavy atom. The molecule has 0 aliphatic rings. The number of carboxylic acids is 1. The summed E-state index contributed by atoms with van der Waals surface area (Å²) in [5.41, 5.74) is 1.78. The van der Waals surface area contributed by atoms with E-state index < -0.39 is 11.9 Å². The second-order valence-corrected chi connectivity index (χ2v) is 4.83. The van der Waals surface area contributed by atoms with E-state index in [0.717, 1.165) is 28.3 Å². The van der Waals surface area contributed by atoms with Gasteiger partial charge in [-0.15, -0.1) is 0 Å². The standard InChI is InChI=1S/C13H14BrNO2/c14-7-3-5-10(13(16)17)12-8-9-4-1-2-6-11(9)15-12/h1-2,4,6,8,10,15H,3,5,7H2,(H,16,17). The number of para-hydroxylation sites is 1. The van der Waals surface area contributed by atoms with Crippen LogP contribution in [0.1, 0.15) is 24.5 Å². The first-order valence-electron chi connectivity index (χ1n) is 5.59. The minimum Gasteiger partial charge on any atom is -0.481 e. The third-order valence-corrected chi connectivity index (χ3v) is 3.41. The summed E-state index contributed by atoms with van der Waals surface area (Å²) < 4.78 is 0. The molecule has 2 aromatic rings. The summed E-state index contributed by atoms with van der Waals surface area (Å²) in [4.78, 5) is 14.4. The molecule has 0 spiro atoms. The van der Waals surface area contributed by atoms with Crippen LogP contribution >= 0.6 is 15.9 Å². The van der Waals surface area contributed by atoms with Gasteiger partial charge >= 0.3 is 5.97 Å². The van der Waals surface area contributed by atoms with Crippen molar-refractivity contribution in [3.8, 4) is 0 Å². The Labute approximate surface area is 108 Å². The quantitative estimate of drug-likeness (QED) is 0.830. The van der Waals surface area contributed by atoms with Crippen molar-refractivity contribution in [3.05, 3.63) is 36.0 Å². The number of aliphatic carboxylic acids is 1. The van der Waals surface area contributed by atoms with Crippen LogP contribution in [0, 0.1) is 0 Å². The largest absolute Gasteiger partial charge is 0.481 e. The number of fused-ring (bicyclic) bond motifs is 1. The van der Waals surface area contributed by atoms with Gasteiger partial charge in [0.15, 0.2) is 0 Å². The lowest BCUT2D eigenvalue weighted by molar-refractivity contribution is -0.139. The highest BCUT2D eigenvalue weighted by Crippen LogP contribution is 2.25. The molecule has 0 saturated carbocycles. The van der Waals surface area contributed by atoms with E-state index in [0.29, 0.717) is 6.42 Å². The fraction of sp³-hybridized carbons (Fsp3) is 0.308. The summed E-state index contributed by atoms with van der Waals surface area (Å²) in [6, 6.07) is 9.77. The number of aromatic nitrogens is 1. The van der Waals surface area contributed by atoms with E-state index in [9.17, 15) is 9.90 Å². The van der Waals surface area contributed by atoms with Crippen molar-refractivity contribution < 1.29 is 9.90 Å². The Morgan fingerprint density at radius 1 is 1.41 bits per heavy atom. The van der Waals surface area contributed by atoms with E-state index in [1.54, 1.807) is 0 Å². The van der Waals surface area contributed by atoms with Gasteiger partial charge in [-0.2, -0.15) is 0 Å². The van der Waals surface area contributed by atoms with E-state index in [-0.39, 0.29) is 0 Å². The van der Waals surface area contributed by atoms with Gasteiger partial charge in [-0.3, -0.25) is 4.79 Å². The molecule has 1 aromatic carbocycles. The molecule has 17 heavy (non-hydrogen) atoms. The topological polar surface area (TPSA) is 53.1 Å². The monoisotopic (exact) mass is 295 g/mol. The van der Waals surface area contributed by atoms with Crippen molar-refractivity contribution >= 4 is 32.8 Å². The Balaban J connectivity index is 2.31. The molecule has 1 aromatic heterocycles. The molecular formula is C13H14BrNO2. The van der Waals surface area contributed by atoms with Gasteiger partial charge in [0, 0.05) is 16.5 Å². The minimum absolute atomic E-state index is 0.444. The van der Waals surface area contributed by atoms with Crippen molar-refractivity contribution in [3.63, 3.8) is 0 Å². The predicted molar refractivity (Wildman–Crippen MR) is 71.7 cm³/mol. The lowest BCUT2D eigenvalue weighted by Gasteiger charge is -2.09. The van der Waals surface area contributed by atoms with E-state index in [1.807, 2.05) is 30.3 Å². The number of benzene rings is 1. The Hall–Kier alpha value is -1.29. The molecule has 1 heterocycles. The fourth-order valence-electron chi connectivity index (χ4n) is 1.98. The van der Waals surface area contributed by atoms with Crippen LogP contribution in [0.4, 0.5) is 0 Å². The number of hydrogen-bond donors (Lipinski definition) is 2. The van der Waals surface area contributed by atoms with E-state index in [2.05, 4.69) is 20.9 Å². The van der Waals surface area contributed by atoms with E-state index in [1.165, 1.54) is 0 Å². The Morgan fingerprint density at radius 3 is 2.82 bits per heavy atom. The number of aromatic amines is 1. The van der Waals surface area contributed by atoms with Crippen LogP contribution in [0.15, 0.2) is 30.3 Å². The molecule has 2 rings (SSSR count). The molecule has 0 amide bonds. The normalized spacial score (nSPS) is 12.8. The summed E-state index contributed by atoms with van der Waals surface area (Å²) in [7, 11) is 0. The highest BCUT2D eigenvalue weighted by atomic mass is 79.9. The highest BCUT2D eigenvalue weighted by molar-refractivity contribution is 9.09. The van der Waals surface area contributed by atoms with Crippen molar-refractivity contribution in [1.29, 1.82) is 0 Å². The Bertz CT molecular complexity index is 488. The molecule has 0 aliphatic heterocycles. The van der Waals surface area contributed by atoms with Gasteiger partial charge in [0.25, 0.3) is 0 Å². The molecule has 0 aliphatic carbocycles. The first kappa shape index (κ1) is 12.2. The van der Waals surface area contributed by atoms with E-state index in [4.69, 9.17) is 0 Å². The van der Waals surface area contributed by atoms with E-state index >= 15 is 0 Å². The molecule has 0 bridgehead atoms.